The van der Waals surface area contributed by atoms with E-state index in [2.05, 4.69) is 35.6 Å². The van der Waals surface area contributed by atoms with Crippen LogP contribution in [0.2, 0.25) is 0 Å². The second kappa shape index (κ2) is 3.97. The monoisotopic (exact) mass is 207 g/mol. The molecule has 1 aromatic rings. The fourth-order valence-corrected chi connectivity index (χ4v) is 2.27. The maximum absolute atomic E-state index is 4.30. The van der Waals surface area contributed by atoms with Gasteiger partial charge in [-0.25, -0.2) is 4.98 Å². The summed E-state index contributed by atoms with van der Waals surface area (Å²) < 4.78 is 2.31. The lowest BCUT2D eigenvalue weighted by Gasteiger charge is -2.29. The summed E-state index contributed by atoms with van der Waals surface area (Å²) >= 11 is 0. The predicted octanol–water partition coefficient (Wildman–Crippen LogP) is 2.11. The van der Waals surface area contributed by atoms with Gasteiger partial charge in [0.15, 0.2) is 0 Å². The van der Waals surface area contributed by atoms with Crippen LogP contribution >= 0.6 is 0 Å². The third-order valence-corrected chi connectivity index (χ3v) is 3.10. The highest BCUT2D eigenvalue weighted by molar-refractivity contribution is 5.10. The van der Waals surface area contributed by atoms with Crippen molar-refractivity contribution in [2.24, 2.45) is 0 Å². The largest absolute Gasteiger partial charge is 0.329 e. The molecule has 3 nitrogen and oxygen atoms in total. The molecule has 0 spiro atoms. The number of imidazole rings is 1. The van der Waals surface area contributed by atoms with Gasteiger partial charge in [0, 0.05) is 29.9 Å². The zero-order valence-electron chi connectivity index (χ0n) is 9.95. The first-order chi connectivity index (χ1) is 7.09. The van der Waals surface area contributed by atoms with E-state index in [0.29, 0.717) is 5.92 Å². The highest BCUT2D eigenvalue weighted by Crippen LogP contribution is 2.27. The Morgan fingerprint density at radius 2 is 2.27 bits per heavy atom. The van der Waals surface area contributed by atoms with E-state index in [-0.39, 0.29) is 5.54 Å². The summed E-state index contributed by atoms with van der Waals surface area (Å²) in [6, 6.07) is 0. The van der Waals surface area contributed by atoms with E-state index in [4.69, 9.17) is 0 Å². The van der Waals surface area contributed by atoms with Gasteiger partial charge in [0.1, 0.15) is 0 Å². The van der Waals surface area contributed by atoms with Crippen molar-refractivity contribution in [1.29, 1.82) is 0 Å². The van der Waals surface area contributed by atoms with Gasteiger partial charge in [0.2, 0.25) is 0 Å². The van der Waals surface area contributed by atoms with Crippen LogP contribution in [0, 0.1) is 0 Å². The lowest BCUT2D eigenvalue weighted by atomic mass is 9.95. The minimum Gasteiger partial charge on any atom is -0.329 e. The van der Waals surface area contributed by atoms with Crippen molar-refractivity contribution in [1.82, 2.24) is 14.9 Å². The minimum atomic E-state index is 0.142. The molecule has 0 radical (unpaired) electrons. The molecule has 1 aliphatic heterocycles. The fraction of sp³-hybridized carbons (Fsp3) is 0.750. The molecule has 0 bridgehead atoms. The quantitative estimate of drug-likeness (QED) is 0.764. The number of hydrogen-bond acceptors (Lipinski definition) is 2. The smallest absolute Gasteiger partial charge is 0.0953 e. The van der Waals surface area contributed by atoms with E-state index in [1.54, 1.807) is 0 Å². The van der Waals surface area contributed by atoms with Gasteiger partial charge >= 0.3 is 0 Å². The molecule has 1 N–H and O–H groups in total. The normalized spacial score (nSPS) is 23.0. The Labute approximate surface area is 91.9 Å². The second-order valence-corrected chi connectivity index (χ2v) is 5.40. The molecule has 2 rings (SSSR count). The SMILES string of the molecule is CC(C)(C)n1cncc1C1CCCNC1. The summed E-state index contributed by atoms with van der Waals surface area (Å²) in [5.41, 5.74) is 1.53. The Morgan fingerprint density at radius 1 is 1.47 bits per heavy atom. The molecule has 0 saturated carbocycles. The van der Waals surface area contributed by atoms with Crippen LogP contribution in [0.1, 0.15) is 45.2 Å². The van der Waals surface area contributed by atoms with Crippen molar-refractivity contribution in [2.75, 3.05) is 13.1 Å². The molecular formula is C12H21N3. The Kier molecular flexibility index (Phi) is 2.83. The molecule has 84 valence electrons. The molecule has 0 aliphatic carbocycles. The van der Waals surface area contributed by atoms with Crippen molar-refractivity contribution >= 4 is 0 Å². The number of nitrogens with zero attached hydrogens (tertiary/aromatic N) is 2. The summed E-state index contributed by atoms with van der Waals surface area (Å²) in [7, 11) is 0. The number of nitrogens with one attached hydrogen (secondary N) is 1. The first kappa shape index (κ1) is 10.7. The van der Waals surface area contributed by atoms with Crippen molar-refractivity contribution in [3.05, 3.63) is 18.2 Å². The maximum atomic E-state index is 4.30. The topological polar surface area (TPSA) is 29.9 Å². The van der Waals surface area contributed by atoms with Gasteiger partial charge in [-0.1, -0.05) is 0 Å². The summed E-state index contributed by atoms with van der Waals surface area (Å²) in [5, 5.41) is 3.46. The minimum absolute atomic E-state index is 0.142. The van der Waals surface area contributed by atoms with Gasteiger partial charge in [-0.05, 0) is 40.2 Å². The molecule has 3 heteroatoms. The highest BCUT2D eigenvalue weighted by atomic mass is 15.1. The van der Waals surface area contributed by atoms with Gasteiger partial charge < -0.3 is 9.88 Å². The first-order valence-corrected chi connectivity index (χ1v) is 5.82. The Balaban J connectivity index is 2.24. The number of piperidine rings is 1. The fourth-order valence-electron chi connectivity index (χ4n) is 2.27. The van der Waals surface area contributed by atoms with Crippen LogP contribution in [0.4, 0.5) is 0 Å². The number of rotatable bonds is 1. The van der Waals surface area contributed by atoms with Crippen LogP contribution in [0.3, 0.4) is 0 Å². The van der Waals surface area contributed by atoms with Crippen molar-refractivity contribution < 1.29 is 0 Å². The summed E-state index contributed by atoms with van der Waals surface area (Å²) in [6.07, 6.45) is 6.56. The van der Waals surface area contributed by atoms with Crippen LogP contribution in [0.5, 0.6) is 0 Å². The van der Waals surface area contributed by atoms with E-state index in [1.165, 1.54) is 25.1 Å². The molecule has 1 saturated heterocycles. The average molecular weight is 207 g/mol. The molecule has 15 heavy (non-hydrogen) atoms. The van der Waals surface area contributed by atoms with Gasteiger partial charge in [-0.15, -0.1) is 0 Å². The standard InChI is InChI=1S/C12H21N3/c1-12(2,3)15-9-14-8-11(15)10-5-4-6-13-7-10/h8-10,13H,4-7H2,1-3H3. The Morgan fingerprint density at radius 3 is 2.87 bits per heavy atom. The van der Waals surface area contributed by atoms with Gasteiger partial charge in [0.25, 0.3) is 0 Å². The summed E-state index contributed by atoms with van der Waals surface area (Å²) in [4.78, 5) is 4.30. The highest BCUT2D eigenvalue weighted by Gasteiger charge is 2.23. The van der Waals surface area contributed by atoms with E-state index >= 15 is 0 Å². The third-order valence-electron chi connectivity index (χ3n) is 3.10. The molecule has 1 atom stereocenters. The number of hydrogen-bond donors (Lipinski definition) is 1. The van der Waals surface area contributed by atoms with Crippen molar-refractivity contribution in [2.45, 2.75) is 45.1 Å². The van der Waals surface area contributed by atoms with E-state index in [1.807, 2.05) is 12.5 Å². The third kappa shape index (κ3) is 2.23. The first-order valence-electron chi connectivity index (χ1n) is 5.82. The summed E-state index contributed by atoms with van der Waals surface area (Å²) in [6.45, 7) is 8.96. The molecule has 1 aromatic heterocycles. The average Bonchev–Trinajstić information content (AvgIpc) is 2.67. The molecular weight excluding hydrogens is 186 g/mol. The molecule has 1 unspecified atom stereocenters. The zero-order valence-corrected chi connectivity index (χ0v) is 9.95. The molecule has 1 aliphatic rings. The molecule has 0 aromatic carbocycles. The Bertz CT molecular complexity index is 316. The van der Waals surface area contributed by atoms with Gasteiger partial charge in [-0.3, -0.25) is 0 Å². The lowest BCUT2D eigenvalue weighted by Crippen LogP contribution is -2.32. The molecule has 2 heterocycles. The second-order valence-electron chi connectivity index (χ2n) is 5.40. The van der Waals surface area contributed by atoms with Crippen molar-refractivity contribution in [3.8, 4) is 0 Å². The van der Waals surface area contributed by atoms with Gasteiger partial charge in [-0.2, -0.15) is 0 Å². The Hall–Kier alpha value is -0.830. The van der Waals surface area contributed by atoms with E-state index < -0.39 is 0 Å². The van der Waals surface area contributed by atoms with Gasteiger partial charge in [0.05, 0.1) is 6.33 Å². The molecule has 1 fully saturated rings. The maximum Gasteiger partial charge on any atom is 0.0953 e. The predicted molar refractivity (Wildman–Crippen MR) is 62.1 cm³/mol. The van der Waals surface area contributed by atoms with E-state index in [9.17, 15) is 0 Å². The molecule has 0 amide bonds. The van der Waals surface area contributed by atoms with Crippen LogP contribution in [-0.2, 0) is 5.54 Å². The van der Waals surface area contributed by atoms with Crippen LogP contribution in [0.15, 0.2) is 12.5 Å². The van der Waals surface area contributed by atoms with Crippen molar-refractivity contribution in [3.63, 3.8) is 0 Å². The lowest BCUT2D eigenvalue weighted by molar-refractivity contribution is 0.357. The zero-order chi connectivity index (χ0) is 10.9. The van der Waals surface area contributed by atoms with Crippen LogP contribution in [-0.4, -0.2) is 22.6 Å². The van der Waals surface area contributed by atoms with Crippen LogP contribution in [0.25, 0.3) is 0 Å². The number of aromatic nitrogens is 2. The van der Waals surface area contributed by atoms with Crippen LogP contribution < -0.4 is 5.32 Å². The van der Waals surface area contributed by atoms with E-state index in [0.717, 1.165) is 6.54 Å². The summed E-state index contributed by atoms with van der Waals surface area (Å²) in [5.74, 6) is 0.639.